The van der Waals surface area contributed by atoms with Crippen molar-refractivity contribution in [1.82, 2.24) is 0 Å². The van der Waals surface area contributed by atoms with E-state index in [1.807, 2.05) is 6.92 Å². The molecule has 0 aromatic rings. The van der Waals surface area contributed by atoms with Crippen molar-refractivity contribution in [2.24, 2.45) is 28.6 Å². The van der Waals surface area contributed by atoms with Crippen molar-refractivity contribution in [3.63, 3.8) is 0 Å². The predicted octanol–water partition coefficient (Wildman–Crippen LogP) is 1.57. The van der Waals surface area contributed by atoms with Crippen LogP contribution in [0.3, 0.4) is 0 Å². The van der Waals surface area contributed by atoms with Gasteiger partial charge in [-0.25, -0.2) is 0 Å². The quantitative estimate of drug-likeness (QED) is 0.697. The lowest BCUT2D eigenvalue weighted by Gasteiger charge is -2.41. The summed E-state index contributed by atoms with van der Waals surface area (Å²) in [4.78, 5) is 0. The molecule has 0 aromatic heterocycles. The van der Waals surface area contributed by atoms with Gasteiger partial charge in [0.15, 0.2) is 0 Å². The van der Waals surface area contributed by atoms with Crippen LogP contribution in [0, 0.1) is 28.6 Å². The van der Waals surface area contributed by atoms with Gasteiger partial charge in [-0.05, 0) is 49.4 Å². The first-order valence-electron chi connectivity index (χ1n) is 7.31. The zero-order valence-corrected chi connectivity index (χ0v) is 11.5. The van der Waals surface area contributed by atoms with Gasteiger partial charge in [-0.2, -0.15) is 0 Å². The van der Waals surface area contributed by atoms with Crippen LogP contribution >= 0.6 is 0 Å². The molecule has 4 aliphatic rings. The Labute approximate surface area is 109 Å². The average molecular weight is 252 g/mol. The summed E-state index contributed by atoms with van der Waals surface area (Å²) in [6.45, 7) is 6.75. The molecule has 3 saturated carbocycles. The number of hydrogen-bond acceptors (Lipinski definition) is 3. The highest BCUT2D eigenvalue weighted by molar-refractivity contribution is 5.26. The second-order valence-corrected chi connectivity index (χ2v) is 8.12. The fourth-order valence-electron chi connectivity index (χ4n) is 5.85. The fraction of sp³-hybridized carbons (Fsp3) is 1.00. The molecular weight excluding hydrogens is 228 g/mol. The van der Waals surface area contributed by atoms with Gasteiger partial charge in [0, 0.05) is 12.0 Å². The summed E-state index contributed by atoms with van der Waals surface area (Å²) in [6.07, 6.45) is 3.71. The molecule has 1 saturated heterocycles. The Kier molecular flexibility index (Phi) is 1.93. The topological polar surface area (TPSA) is 53.0 Å². The summed E-state index contributed by atoms with van der Waals surface area (Å²) in [5, 5.41) is 20.4. The molecule has 0 spiro atoms. The van der Waals surface area contributed by atoms with Crippen LogP contribution in [-0.4, -0.2) is 34.6 Å². The van der Waals surface area contributed by atoms with Crippen molar-refractivity contribution in [3.8, 4) is 0 Å². The Hall–Kier alpha value is -0.120. The molecule has 3 aliphatic carbocycles. The highest BCUT2D eigenvalue weighted by Gasteiger charge is 2.78. The van der Waals surface area contributed by atoms with E-state index in [-0.39, 0.29) is 16.9 Å². The van der Waals surface area contributed by atoms with Crippen molar-refractivity contribution in [2.45, 2.75) is 57.8 Å². The van der Waals surface area contributed by atoms with Gasteiger partial charge in [-0.3, -0.25) is 0 Å². The van der Waals surface area contributed by atoms with Gasteiger partial charge in [-0.15, -0.1) is 0 Å². The lowest BCUT2D eigenvalue weighted by molar-refractivity contribution is -0.101. The summed E-state index contributed by atoms with van der Waals surface area (Å²) in [7, 11) is 0. The Morgan fingerprint density at radius 2 is 1.89 bits per heavy atom. The van der Waals surface area contributed by atoms with Crippen molar-refractivity contribution in [3.05, 3.63) is 0 Å². The standard InChI is InChI=1S/C15H24O3/c1-13(7-16)4-8-5-14(2)10(9(8)6-13)11-12(18-11)15(14,3)17/h8-12,16-17H,4-7H2,1-3H3/t8-,9-,10?,11-,12-,13+,14-,15+/m0/s1. The molecule has 0 bridgehead atoms. The summed E-state index contributed by atoms with van der Waals surface area (Å²) in [5.74, 6) is 1.83. The summed E-state index contributed by atoms with van der Waals surface area (Å²) in [6, 6.07) is 0. The predicted molar refractivity (Wildman–Crippen MR) is 66.9 cm³/mol. The molecule has 1 unspecified atom stereocenters. The molecule has 3 nitrogen and oxygen atoms in total. The number of fused-ring (bicyclic) bond motifs is 5. The summed E-state index contributed by atoms with van der Waals surface area (Å²) in [5.41, 5.74) is -0.509. The third kappa shape index (κ3) is 1.09. The number of epoxide rings is 1. The molecule has 4 fully saturated rings. The smallest absolute Gasteiger partial charge is 0.113 e. The van der Waals surface area contributed by atoms with Gasteiger partial charge >= 0.3 is 0 Å². The number of rotatable bonds is 1. The third-order valence-corrected chi connectivity index (χ3v) is 6.94. The molecule has 0 amide bonds. The minimum absolute atomic E-state index is 0.0344. The Bertz CT molecular complexity index is 407. The zero-order chi connectivity index (χ0) is 12.9. The van der Waals surface area contributed by atoms with E-state index in [1.165, 1.54) is 0 Å². The van der Waals surface area contributed by atoms with Crippen LogP contribution < -0.4 is 0 Å². The van der Waals surface area contributed by atoms with Crippen LogP contribution in [0.15, 0.2) is 0 Å². The molecule has 0 aromatic carbocycles. The summed E-state index contributed by atoms with van der Waals surface area (Å²) >= 11 is 0. The molecule has 2 N–H and O–H groups in total. The van der Waals surface area contributed by atoms with Gasteiger partial charge in [0.05, 0.1) is 11.7 Å². The van der Waals surface area contributed by atoms with E-state index >= 15 is 0 Å². The SMILES string of the molecule is C[C@@]1(CO)C[C@H]2C[C@@]3(C)C([C@H]2C1)[C@@H]1O[C@@H]1[C@@]3(C)O. The Morgan fingerprint density at radius 1 is 1.17 bits per heavy atom. The van der Waals surface area contributed by atoms with E-state index < -0.39 is 5.60 Å². The van der Waals surface area contributed by atoms with Gasteiger partial charge in [0.1, 0.15) is 6.10 Å². The Morgan fingerprint density at radius 3 is 2.56 bits per heavy atom. The number of ether oxygens (including phenoxy) is 1. The van der Waals surface area contributed by atoms with Crippen LogP contribution in [0.25, 0.3) is 0 Å². The Balaban J connectivity index is 1.69. The van der Waals surface area contributed by atoms with Crippen LogP contribution in [-0.2, 0) is 4.74 Å². The van der Waals surface area contributed by atoms with E-state index in [2.05, 4.69) is 13.8 Å². The molecule has 18 heavy (non-hydrogen) atoms. The minimum atomic E-state index is -0.651. The van der Waals surface area contributed by atoms with Crippen LogP contribution in [0.1, 0.15) is 40.0 Å². The molecule has 4 rings (SSSR count). The van der Waals surface area contributed by atoms with Gasteiger partial charge in [-0.1, -0.05) is 13.8 Å². The molecule has 3 heteroatoms. The fourth-order valence-corrected chi connectivity index (χ4v) is 5.85. The normalized spacial score (nSPS) is 68.8. The lowest BCUT2D eigenvalue weighted by atomic mass is 9.69. The van der Waals surface area contributed by atoms with Crippen LogP contribution in [0.4, 0.5) is 0 Å². The van der Waals surface area contributed by atoms with E-state index in [1.54, 1.807) is 0 Å². The maximum absolute atomic E-state index is 10.8. The van der Waals surface area contributed by atoms with E-state index in [9.17, 15) is 10.2 Å². The molecule has 1 aliphatic heterocycles. The first-order chi connectivity index (χ1) is 8.32. The molecular formula is C15H24O3. The molecule has 102 valence electrons. The maximum atomic E-state index is 10.8. The summed E-state index contributed by atoms with van der Waals surface area (Å²) < 4.78 is 5.74. The number of hydrogen-bond donors (Lipinski definition) is 2. The monoisotopic (exact) mass is 252 g/mol. The van der Waals surface area contributed by atoms with Crippen LogP contribution in [0.5, 0.6) is 0 Å². The highest BCUT2D eigenvalue weighted by atomic mass is 16.6. The number of aliphatic hydroxyl groups is 2. The maximum Gasteiger partial charge on any atom is 0.113 e. The first kappa shape index (κ1) is 11.7. The van der Waals surface area contributed by atoms with Gasteiger partial charge < -0.3 is 14.9 Å². The lowest BCUT2D eigenvalue weighted by Crippen LogP contribution is -2.46. The van der Waals surface area contributed by atoms with Crippen molar-refractivity contribution in [1.29, 1.82) is 0 Å². The largest absolute Gasteiger partial charge is 0.396 e. The second kappa shape index (κ2) is 2.97. The first-order valence-corrected chi connectivity index (χ1v) is 7.31. The highest BCUT2D eigenvalue weighted by Crippen LogP contribution is 2.73. The van der Waals surface area contributed by atoms with Crippen molar-refractivity contribution in [2.75, 3.05) is 6.61 Å². The molecule has 1 heterocycles. The van der Waals surface area contributed by atoms with E-state index in [4.69, 9.17) is 4.74 Å². The van der Waals surface area contributed by atoms with Crippen molar-refractivity contribution < 1.29 is 14.9 Å². The third-order valence-electron chi connectivity index (χ3n) is 6.94. The number of aliphatic hydroxyl groups excluding tert-OH is 1. The van der Waals surface area contributed by atoms with Crippen LogP contribution in [0.2, 0.25) is 0 Å². The van der Waals surface area contributed by atoms with Gasteiger partial charge in [0.25, 0.3) is 0 Å². The van der Waals surface area contributed by atoms with E-state index in [0.717, 1.165) is 19.3 Å². The minimum Gasteiger partial charge on any atom is -0.396 e. The van der Waals surface area contributed by atoms with Gasteiger partial charge in [0.2, 0.25) is 0 Å². The second-order valence-electron chi connectivity index (χ2n) is 8.12. The zero-order valence-electron chi connectivity index (χ0n) is 11.5. The van der Waals surface area contributed by atoms with E-state index in [0.29, 0.717) is 30.5 Å². The molecule has 8 atom stereocenters. The van der Waals surface area contributed by atoms with Crippen molar-refractivity contribution >= 4 is 0 Å². The molecule has 0 radical (unpaired) electrons. The average Bonchev–Trinajstić information content (AvgIpc) is 2.89.